The van der Waals surface area contributed by atoms with Crippen molar-refractivity contribution >= 4 is 38.0 Å². The molecule has 0 aliphatic rings. The van der Waals surface area contributed by atoms with Crippen LogP contribution < -0.4 is 9.47 Å². The molecular formula is C32H38N2O5S2. The summed E-state index contributed by atoms with van der Waals surface area (Å²) in [7, 11) is -0.760. The fourth-order valence-electron chi connectivity index (χ4n) is 4.80. The van der Waals surface area contributed by atoms with Crippen molar-refractivity contribution in [2.75, 3.05) is 33.9 Å². The number of ether oxygens (including phenoxy) is 2. The number of nitrogens with zero attached hydrogens (tertiary/aromatic N) is 2. The first-order chi connectivity index (χ1) is 19.6. The third kappa shape index (κ3) is 7.28. The second-order valence-corrected chi connectivity index (χ2v) is 13.4. The number of benzene rings is 3. The molecule has 41 heavy (non-hydrogen) atoms. The summed E-state index contributed by atoms with van der Waals surface area (Å²) < 4.78 is 40.3. The van der Waals surface area contributed by atoms with Crippen molar-refractivity contribution in [3.05, 3.63) is 88.1 Å². The molecule has 1 aromatic heterocycles. The first-order valence-corrected chi connectivity index (χ1v) is 16.0. The molecule has 9 heteroatoms. The summed E-state index contributed by atoms with van der Waals surface area (Å²) in [6.07, 6.45) is 0.580. The third-order valence-corrected chi connectivity index (χ3v) is 9.90. The quantitative estimate of drug-likeness (QED) is 0.186. The molecule has 0 saturated carbocycles. The zero-order chi connectivity index (χ0) is 29.6. The second kappa shape index (κ2) is 13.5. The molecule has 3 aromatic carbocycles. The van der Waals surface area contributed by atoms with Crippen LogP contribution in [0.5, 0.6) is 11.5 Å². The molecule has 0 bridgehead atoms. The molecule has 0 radical (unpaired) electrons. The van der Waals surface area contributed by atoms with Gasteiger partial charge in [-0.3, -0.25) is 4.79 Å². The maximum absolute atomic E-state index is 14.1. The van der Waals surface area contributed by atoms with E-state index in [0.29, 0.717) is 36.4 Å². The van der Waals surface area contributed by atoms with Gasteiger partial charge >= 0.3 is 0 Å². The Balaban J connectivity index is 1.63. The Kier molecular flexibility index (Phi) is 10.1. The maximum Gasteiger partial charge on any atom is 0.244 e. The van der Waals surface area contributed by atoms with Crippen LogP contribution in [0.3, 0.4) is 0 Å². The van der Waals surface area contributed by atoms with Crippen molar-refractivity contribution in [2.24, 2.45) is 5.92 Å². The monoisotopic (exact) mass is 594 g/mol. The molecule has 0 fully saturated rings. The number of carbonyl (C=O) groups excluding carboxylic acids is 1. The van der Waals surface area contributed by atoms with E-state index < -0.39 is 10.0 Å². The summed E-state index contributed by atoms with van der Waals surface area (Å²) >= 11 is 1.60. The Morgan fingerprint density at radius 2 is 1.68 bits per heavy atom. The predicted octanol–water partition coefficient (Wildman–Crippen LogP) is 6.15. The average Bonchev–Trinajstić information content (AvgIpc) is 3.37. The molecule has 218 valence electrons. The Morgan fingerprint density at radius 3 is 2.37 bits per heavy atom. The number of sulfonamides is 1. The molecule has 0 aliphatic carbocycles. The Hall–Kier alpha value is -3.40. The van der Waals surface area contributed by atoms with Crippen molar-refractivity contribution in [2.45, 2.75) is 38.6 Å². The van der Waals surface area contributed by atoms with E-state index in [0.717, 1.165) is 21.4 Å². The van der Waals surface area contributed by atoms with E-state index in [1.165, 1.54) is 4.31 Å². The SMILES string of the molecule is COc1ccc(CCN(Cc2sccc2C)C(=O)CN(CC(C)C)S(=O)(=O)c2cccc3ccccc23)cc1OC. The van der Waals surface area contributed by atoms with Gasteiger partial charge in [0.2, 0.25) is 15.9 Å². The molecule has 0 saturated heterocycles. The standard InChI is InChI=1S/C32H38N2O5S2/c1-23(2)20-34(41(36,37)31-12-8-10-26-9-6-7-11-27(26)31)22-32(35)33(21-30-24(3)16-18-40-30)17-15-25-13-14-28(38-4)29(19-25)39-5/h6-14,16,18-19,23H,15,17,20-22H2,1-5H3. The molecule has 0 atom stereocenters. The summed E-state index contributed by atoms with van der Waals surface area (Å²) in [6.45, 7) is 6.78. The van der Waals surface area contributed by atoms with E-state index in [9.17, 15) is 13.2 Å². The van der Waals surface area contributed by atoms with Crippen LogP contribution in [0, 0.1) is 12.8 Å². The highest BCUT2D eigenvalue weighted by Gasteiger charge is 2.30. The lowest BCUT2D eigenvalue weighted by atomic mass is 10.1. The zero-order valence-corrected chi connectivity index (χ0v) is 25.9. The number of carbonyl (C=O) groups is 1. The molecule has 0 aliphatic heterocycles. The molecule has 7 nitrogen and oxygen atoms in total. The van der Waals surface area contributed by atoms with Gasteiger partial charge in [0.05, 0.1) is 32.2 Å². The lowest BCUT2D eigenvalue weighted by Crippen LogP contribution is -2.44. The highest BCUT2D eigenvalue weighted by atomic mass is 32.2. The molecular weight excluding hydrogens is 556 g/mol. The third-order valence-electron chi connectivity index (χ3n) is 7.02. The normalized spacial score (nSPS) is 11.8. The van der Waals surface area contributed by atoms with Gasteiger partial charge in [0.15, 0.2) is 11.5 Å². The molecule has 4 aromatic rings. The van der Waals surface area contributed by atoms with E-state index in [-0.39, 0.29) is 29.8 Å². The van der Waals surface area contributed by atoms with Gasteiger partial charge in [0.25, 0.3) is 0 Å². The van der Waals surface area contributed by atoms with Gasteiger partial charge in [0.1, 0.15) is 0 Å². The van der Waals surface area contributed by atoms with Crippen LogP contribution in [0.4, 0.5) is 0 Å². The molecule has 0 spiro atoms. The predicted molar refractivity (Wildman–Crippen MR) is 165 cm³/mol. The largest absolute Gasteiger partial charge is 0.493 e. The highest BCUT2D eigenvalue weighted by molar-refractivity contribution is 7.89. The van der Waals surface area contributed by atoms with Crippen molar-refractivity contribution < 1.29 is 22.7 Å². The Morgan fingerprint density at radius 1 is 0.951 bits per heavy atom. The minimum absolute atomic E-state index is 0.0345. The fraction of sp³-hybridized carbons (Fsp3) is 0.344. The fourth-order valence-corrected chi connectivity index (χ4v) is 7.49. The van der Waals surface area contributed by atoms with E-state index in [1.807, 2.05) is 80.7 Å². The lowest BCUT2D eigenvalue weighted by Gasteiger charge is -2.28. The van der Waals surface area contributed by atoms with Gasteiger partial charge in [-0.1, -0.05) is 56.3 Å². The van der Waals surface area contributed by atoms with Gasteiger partial charge in [0, 0.05) is 23.4 Å². The summed E-state index contributed by atoms with van der Waals surface area (Å²) in [5.74, 6) is 1.07. The smallest absolute Gasteiger partial charge is 0.244 e. The summed E-state index contributed by atoms with van der Waals surface area (Å²) in [6, 6.07) is 20.4. The number of fused-ring (bicyclic) bond motifs is 1. The van der Waals surface area contributed by atoms with Crippen LogP contribution in [0.15, 0.2) is 77.0 Å². The van der Waals surface area contributed by atoms with Crippen LogP contribution in [-0.4, -0.2) is 57.4 Å². The minimum atomic E-state index is -3.95. The van der Waals surface area contributed by atoms with Crippen LogP contribution in [0.2, 0.25) is 0 Å². The van der Waals surface area contributed by atoms with Gasteiger partial charge in [-0.2, -0.15) is 4.31 Å². The molecule has 0 unspecified atom stereocenters. The summed E-state index contributed by atoms with van der Waals surface area (Å²) in [4.78, 5) is 17.0. The first kappa shape index (κ1) is 30.6. The van der Waals surface area contributed by atoms with Crippen molar-refractivity contribution in [1.29, 1.82) is 0 Å². The number of rotatable bonds is 13. The molecule has 1 heterocycles. The van der Waals surface area contributed by atoms with E-state index >= 15 is 0 Å². The van der Waals surface area contributed by atoms with E-state index in [1.54, 1.807) is 42.6 Å². The van der Waals surface area contributed by atoms with Crippen LogP contribution >= 0.6 is 11.3 Å². The lowest BCUT2D eigenvalue weighted by molar-refractivity contribution is -0.132. The van der Waals surface area contributed by atoms with E-state index in [2.05, 4.69) is 0 Å². The van der Waals surface area contributed by atoms with Gasteiger partial charge in [-0.15, -0.1) is 11.3 Å². The molecule has 1 amide bonds. The number of aryl methyl sites for hydroxylation is 1. The summed E-state index contributed by atoms with van der Waals surface area (Å²) in [5.41, 5.74) is 2.10. The van der Waals surface area contributed by atoms with Crippen molar-refractivity contribution in [3.63, 3.8) is 0 Å². The van der Waals surface area contributed by atoms with Crippen molar-refractivity contribution in [1.82, 2.24) is 9.21 Å². The number of hydrogen-bond acceptors (Lipinski definition) is 6. The topological polar surface area (TPSA) is 76.2 Å². The molecule has 0 N–H and O–H groups in total. The Bertz CT molecular complexity index is 1590. The number of thiophene rings is 1. The zero-order valence-electron chi connectivity index (χ0n) is 24.3. The number of hydrogen-bond donors (Lipinski definition) is 0. The molecule has 4 rings (SSSR count). The first-order valence-electron chi connectivity index (χ1n) is 13.6. The van der Waals surface area contributed by atoms with E-state index in [4.69, 9.17) is 9.47 Å². The minimum Gasteiger partial charge on any atom is -0.493 e. The van der Waals surface area contributed by atoms with Gasteiger partial charge in [-0.05, 0) is 65.4 Å². The second-order valence-electron chi connectivity index (χ2n) is 10.5. The average molecular weight is 595 g/mol. The van der Waals surface area contributed by atoms with Gasteiger partial charge < -0.3 is 14.4 Å². The van der Waals surface area contributed by atoms with Crippen LogP contribution in [0.25, 0.3) is 10.8 Å². The highest BCUT2D eigenvalue weighted by Crippen LogP contribution is 2.29. The maximum atomic E-state index is 14.1. The number of methoxy groups -OCH3 is 2. The van der Waals surface area contributed by atoms with Crippen LogP contribution in [0.1, 0.15) is 29.9 Å². The van der Waals surface area contributed by atoms with Crippen molar-refractivity contribution in [3.8, 4) is 11.5 Å². The van der Waals surface area contributed by atoms with Gasteiger partial charge in [-0.25, -0.2) is 8.42 Å². The Labute approximate surface area is 247 Å². The number of amides is 1. The summed E-state index contributed by atoms with van der Waals surface area (Å²) in [5, 5.41) is 3.50. The van der Waals surface area contributed by atoms with Crippen LogP contribution in [-0.2, 0) is 27.8 Å².